The molecular weight excluding hydrogens is 395 g/mol. The van der Waals surface area contributed by atoms with Crippen LogP contribution in [-0.4, -0.2) is 44.1 Å². The number of anilines is 1. The van der Waals surface area contributed by atoms with Crippen molar-refractivity contribution in [3.63, 3.8) is 0 Å². The van der Waals surface area contributed by atoms with E-state index in [9.17, 15) is 18.8 Å². The van der Waals surface area contributed by atoms with Gasteiger partial charge < -0.3 is 24.8 Å². The van der Waals surface area contributed by atoms with Crippen LogP contribution in [0.4, 0.5) is 10.1 Å². The maximum Gasteiger partial charge on any atom is 0.331 e. The molecule has 0 fully saturated rings. The Labute approximate surface area is 171 Å². The highest BCUT2D eigenvalue weighted by Gasteiger charge is 2.11. The van der Waals surface area contributed by atoms with E-state index in [2.05, 4.69) is 10.6 Å². The van der Waals surface area contributed by atoms with Gasteiger partial charge in [0.25, 0.3) is 5.91 Å². The summed E-state index contributed by atoms with van der Waals surface area (Å²) in [4.78, 5) is 35.2. The average Bonchev–Trinajstić information content (AvgIpc) is 2.76. The molecule has 0 radical (unpaired) electrons. The van der Waals surface area contributed by atoms with E-state index in [0.29, 0.717) is 36.0 Å². The lowest BCUT2D eigenvalue weighted by Gasteiger charge is -2.18. The van der Waals surface area contributed by atoms with E-state index in [-0.39, 0.29) is 6.54 Å². The highest BCUT2D eigenvalue weighted by Crippen LogP contribution is 2.31. The number of carbonyl (C=O) groups excluding carboxylic acids is 3. The Kier molecular flexibility index (Phi) is 6.99. The molecule has 0 atom stereocenters. The zero-order chi connectivity index (χ0) is 21.3. The topological polar surface area (TPSA) is 103 Å². The molecule has 2 aromatic rings. The molecule has 0 saturated carbocycles. The highest BCUT2D eigenvalue weighted by atomic mass is 19.1. The number of nitrogens with one attached hydrogen (secondary N) is 2. The molecule has 2 aromatic carbocycles. The van der Waals surface area contributed by atoms with Gasteiger partial charge in [0.1, 0.15) is 19.0 Å². The van der Waals surface area contributed by atoms with Crippen LogP contribution >= 0.6 is 0 Å². The number of esters is 1. The van der Waals surface area contributed by atoms with Crippen LogP contribution in [0.1, 0.15) is 5.56 Å². The number of carbonyl (C=O) groups is 3. The smallest absolute Gasteiger partial charge is 0.331 e. The number of fused-ring (bicyclic) bond motifs is 1. The van der Waals surface area contributed by atoms with Gasteiger partial charge in [0.2, 0.25) is 5.91 Å². The van der Waals surface area contributed by atoms with Gasteiger partial charge in [-0.2, -0.15) is 0 Å². The third kappa shape index (κ3) is 6.33. The largest absolute Gasteiger partial charge is 0.486 e. The van der Waals surface area contributed by atoms with Gasteiger partial charge in [-0.1, -0.05) is 6.07 Å². The van der Waals surface area contributed by atoms with Gasteiger partial charge in [-0.05, 0) is 48.0 Å². The van der Waals surface area contributed by atoms with Gasteiger partial charge in [-0.15, -0.1) is 0 Å². The number of hydrogen-bond acceptors (Lipinski definition) is 6. The zero-order valence-electron chi connectivity index (χ0n) is 15.9. The van der Waals surface area contributed by atoms with E-state index in [0.717, 1.165) is 0 Å². The van der Waals surface area contributed by atoms with Crippen molar-refractivity contribution in [1.29, 1.82) is 0 Å². The lowest BCUT2D eigenvalue weighted by molar-refractivity contribution is -0.143. The van der Waals surface area contributed by atoms with Gasteiger partial charge in [-0.25, -0.2) is 9.18 Å². The van der Waals surface area contributed by atoms with Gasteiger partial charge in [0.15, 0.2) is 18.1 Å². The SMILES string of the molecule is O=C(COC(=O)/C=C/c1ccc2c(c1)OCCO2)NCC(=O)Nc1ccc(F)cc1. The fraction of sp³-hybridized carbons (Fsp3) is 0.190. The second-order valence-corrected chi connectivity index (χ2v) is 6.18. The molecule has 1 aliphatic rings. The third-order valence-corrected chi connectivity index (χ3v) is 3.90. The van der Waals surface area contributed by atoms with Crippen molar-refractivity contribution in [3.05, 3.63) is 59.9 Å². The van der Waals surface area contributed by atoms with Crippen molar-refractivity contribution < 1.29 is 33.0 Å². The Bertz CT molecular complexity index is 958. The summed E-state index contributed by atoms with van der Waals surface area (Å²) in [6.07, 6.45) is 2.70. The second kappa shape index (κ2) is 10.1. The lowest BCUT2D eigenvalue weighted by Crippen LogP contribution is -2.35. The summed E-state index contributed by atoms with van der Waals surface area (Å²) in [6.45, 7) is 0.0959. The van der Waals surface area contributed by atoms with E-state index >= 15 is 0 Å². The summed E-state index contributed by atoms with van der Waals surface area (Å²) in [7, 11) is 0. The van der Waals surface area contributed by atoms with Crippen LogP contribution in [0.5, 0.6) is 11.5 Å². The minimum absolute atomic E-state index is 0.319. The summed E-state index contributed by atoms with van der Waals surface area (Å²) < 4.78 is 28.5. The van der Waals surface area contributed by atoms with Gasteiger partial charge in [0, 0.05) is 11.8 Å². The van der Waals surface area contributed by atoms with Crippen LogP contribution < -0.4 is 20.1 Å². The molecule has 156 valence electrons. The van der Waals surface area contributed by atoms with Gasteiger partial charge in [0.05, 0.1) is 6.54 Å². The van der Waals surface area contributed by atoms with Crippen molar-refractivity contribution in [1.82, 2.24) is 5.32 Å². The van der Waals surface area contributed by atoms with E-state index < -0.39 is 30.2 Å². The molecule has 0 aliphatic carbocycles. The highest BCUT2D eigenvalue weighted by molar-refractivity contribution is 5.95. The summed E-state index contributed by atoms with van der Waals surface area (Å²) in [5.74, 6) is -1.04. The fourth-order valence-electron chi connectivity index (χ4n) is 2.48. The van der Waals surface area contributed by atoms with Crippen molar-refractivity contribution in [3.8, 4) is 11.5 Å². The first-order chi connectivity index (χ1) is 14.5. The molecule has 2 amide bonds. The summed E-state index contributed by atoms with van der Waals surface area (Å²) in [5, 5.41) is 4.81. The summed E-state index contributed by atoms with van der Waals surface area (Å²) >= 11 is 0. The van der Waals surface area contributed by atoms with Gasteiger partial charge >= 0.3 is 5.97 Å². The average molecular weight is 414 g/mol. The van der Waals surface area contributed by atoms with Crippen molar-refractivity contribution in [2.75, 3.05) is 31.7 Å². The van der Waals surface area contributed by atoms with E-state index in [1.54, 1.807) is 18.2 Å². The lowest BCUT2D eigenvalue weighted by atomic mass is 10.2. The second-order valence-electron chi connectivity index (χ2n) is 6.18. The number of benzene rings is 2. The number of hydrogen-bond donors (Lipinski definition) is 2. The van der Waals surface area contributed by atoms with E-state index in [1.807, 2.05) is 0 Å². The molecule has 8 nitrogen and oxygen atoms in total. The van der Waals surface area contributed by atoms with Crippen LogP contribution in [-0.2, 0) is 19.1 Å². The normalized spacial score (nSPS) is 12.3. The van der Waals surface area contributed by atoms with Crippen LogP contribution in [0.15, 0.2) is 48.5 Å². The Morgan fingerprint density at radius 2 is 1.73 bits per heavy atom. The number of halogens is 1. The molecule has 9 heteroatoms. The molecule has 1 heterocycles. The quantitative estimate of drug-likeness (QED) is 0.530. The van der Waals surface area contributed by atoms with Crippen molar-refractivity contribution >= 4 is 29.5 Å². The first-order valence-corrected chi connectivity index (χ1v) is 9.06. The Balaban J connectivity index is 1.37. The maximum atomic E-state index is 12.8. The summed E-state index contributed by atoms with van der Waals surface area (Å²) in [6, 6.07) is 10.4. The van der Waals surface area contributed by atoms with Crippen LogP contribution in [0, 0.1) is 5.82 Å². The molecule has 30 heavy (non-hydrogen) atoms. The molecule has 0 aromatic heterocycles. The first kappa shape index (κ1) is 20.8. The van der Waals surface area contributed by atoms with E-state index in [1.165, 1.54) is 36.4 Å². The molecular formula is C21H19FN2O6. The Morgan fingerprint density at radius 3 is 2.50 bits per heavy atom. The number of rotatable bonds is 7. The number of amides is 2. The monoisotopic (exact) mass is 414 g/mol. The predicted molar refractivity (Wildman–Crippen MR) is 105 cm³/mol. The molecule has 0 unspecified atom stereocenters. The summed E-state index contributed by atoms with van der Waals surface area (Å²) in [5.41, 5.74) is 1.10. The standard InChI is InChI=1S/C21H19FN2O6/c22-15-3-5-16(6-4-15)24-19(25)12-23-20(26)13-30-21(27)8-2-14-1-7-17-18(11-14)29-10-9-28-17/h1-8,11H,9-10,12-13H2,(H,23,26)(H,24,25)/b8-2+. The molecule has 0 saturated heterocycles. The number of ether oxygens (including phenoxy) is 3. The van der Waals surface area contributed by atoms with Crippen LogP contribution in [0.3, 0.4) is 0 Å². The minimum Gasteiger partial charge on any atom is -0.486 e. The molecule has 0 bridgehead atoms. The Hall–Kier alpha value is -3.88. The third-order valence-electron chi connectivity index (χ3n) is 3.90. The maximum absolute atomic E-state index is 12.8. The van der Waals surface area contributed by atoms with Gasteiger partial charge in [-0.3, -0.25) is 9.59 Å². The molecule has 0 spiro atoms. The van der Waals surface area contributed by atoms with E-state index in [4.69, 9.17) is 14.2 Å². The van der Waals surface area contributed by atoms with Crippen LogP contribution in [0.2, 0.25) is 0 Å². The molecule has 2 N–H and O–H groups in total. The molecule has 3 rings (SSSR count). The molecule has 1 aliphatic heterocycles. The Morgan fingerprint density at radius 1 is 1.00 bits per heavy atom. The first-order valence-electron chi connectivity index (χ1n) is 9.06. The van der Waals surface area contributed by atoms with Crippen molar-refractivity contribution in [2.24, 2.45) is 0 Å². The fourth-order valence-corrected chi connectivity index (χ4v) is 2.48. The van der Waals surface area contributed by atoms with Crippen molar-refractivity contribution in [2.45, 2.75) is 0 Å². The predicted octanol–water partition coefficient (Wildman–Crippen LogP) is 1.91. The minimum atomic E-state index is -0.712. The zero-order valence-corrected chi connectivity index (χ0v) is 15.9. The van der Waals surface area contributed by atoms with Crippen LogP contribution in [0.25, 0.3) is 6.08 Å².